The lowest BCUT2D eigenvalue weighted by Gasteiger charge is -2.13. The molecule has 25 heavy (non-hydrogen) atoms. The Morgan fingerprint density at radius 1 is 1.24 bits per heavy atom. The predicted molar refractivity (Wildman–Crippen MR) is 96.7 cm³/mol. The van der Waals surface area contributed by atoms with Crippen LogP contribution < -0.4 is 16.0 Å². The van der Waals surface area contributed by atoms with Gasteiger partial charge >= 0.3 is 0 Å². The molecule has 1 saturated heterocycles. The van der Waals surface area contributed by atoms with E-state index < -0.39 is 6.04 Å². The highest BCUT2D eigenvalue weighted by Gasteiger charge is 2.21. The van der Waals surface area contributed by atoms with Crippen LogP contribution in [0.3, 0.4) is 0 Å². The monoisotopic (exact) mass is 364 g/mol. The fraction of sp³-hybridized carbons (Fsp3) is 0.375. The van der Waals surface area contributed by atoms with Crippen LogP contribution in [0, 0.1) is 0 Å². The average Bonchev–Trinajstić information content (AvgIpc) is 3.29. The van der Waals surface area contributed by atoms with Crippen LogP contribution in [-0.4, -0.2) is 39.2 Å². The van der Waals surface area contributed by atoms with Gasteiger partial charge < -0.3 is 16.0 Å². The van der Waals surface area contributed by atoms with Crippen molar-refractivity contribution in [2.24, 2.45) is 0 Å². The van der Waals surface area contributed by atoms with Crippen molar-refractivity contribution in [3.63, 3.8) is 0 Å². The highest BCUT2D eigenvalue weighted by molar-refractivity contribution is 5.96. The molecule has 1 aliphatic rings. The summed E-state index contributed by atoms with van der Waals surface area (Å²) in [5, 5.41) is 12.8. The fourth-order valence-electron chi connectivity index (χ4n) is 2.56. The lowest BCUT2D eigenvalue weighted by molar-refractivity contribution is -0.119. The number of nitrogens with one attached hydrogen (secondary N) is 3. The van der Waals surface area contributed by atoms with E-state index in [0.29, 0.717) is 11.4 Å². The van der Waals surface area contributed by atoms with Crippen molar-refractivity contribution < 1.29 is 9.59 Å². The van der Waals surface area contributed by atoms with Gasteiger partial charge in [0, 0.05) is 11.4 Å². The molecule has 2 atom stereocenters. The van der Waals surface area contributed by atoms with Crippen molar-refractivity contribution in [3.8, 4) is 0 Å². The zero-order valence-corrected chi connectivity index (χ0v) is 14.6. The summed E-state index contributed by atoms with van der Waals surface area (Å²) in [5.41, 5.74) is 1.36. The smallest absolute Gasteiger partial charge is 0.249 e. The molecule has 0 spiro atoms. The molecule has 1 fully saturated rings. The van der Waals surface area contributed by atoms with Crippen molar-refractivity contribution >= 4 is 35.6 Å². The molecule has 2 heterocycles. The van der Waals surface area contributed by atoms with Crippen LogP contribution in [0.1, 0.15) is 25.8 Å². The molecule has 2 unspecified atom stereocenters. The zero-order valence-electron chi connectivity index (χ0n) is 13.8. The maximum Gasteiger partial charge on any atom is 0.249 e. The number of hydrogen-bond donors (Lipinski definition) is 3. The number of anilines is 2. The van der Waals surface area contributed by atoms with E-state index in [-0.39, 0.29) is 30.3 Å². The minimum atomic E-state index is -0.458. The molecular formula is C16H21ClN6O2. The van der Waals surface area contributed by atoms with Gasteiger partial charge in [-0.1, -0.05) is 0 Å². The van der Waals surface area contributed by atoms with Gasteiger partial charge in [-0.2, -0.15) is 5.10 Å². The standard InChI is InChI=1S/C16H20N6O2.ClH/c1-11(22-10-17-9-19-22)15(23)20-12-4-6-13(7-5-12)21-16(24)14-3-2-8-18-14;/h4-7,9-11,14,18H,2-3,8H2,1H3,(H,20,23)(H,21,24);1H. The molecular weight excluding hydrogens is 344 g/mol. The van der Waals surface area contributed by atoms with Crippen LogP contribution in [-0.2, 0) is 9.59 Å². The Kier molecular flexibility index (Phi) is 6.49. The first-order valence-corrected chi connectivity index (χ1v) is 7.93. The Labute approximate surface area is 151 Å². The Balaban J connectivity index is 0.00000225. The molecule has 2 aromatic rings. The molecule has 0 saturated carbocycles. The quantitative estimate of drug-likeness (QED) is 0.748. The van der Waals surface area contributed by atoms with E-state index in [1.165, 1.54) is 17.3 Å². The molecule has 1 aliphatic heterocycles. The number of halogens is 1. The molecule has 3 rings (SSSR count). The maximum absolute atomic E-state index is 12.2. The SMILES string of the molecule is CC(C(=O)Nc1ccc(NC(=O)C2CCCN2)cc1)n1cncn1.Cl. The minimum Gasteiger partial charge on any atom is -0.325 e. The number of amides is 2. The summed E-state index contributed by atoms with van der Waals surface area (Å²) in [6, 6.07) is 6.46. The summed E-state index contributed by atoms with van der Waals surface area (Å²) in [6.07, 6.45) is 4.77. The van der Waals surface area contributed by atoms with E-state index in [9.17, 15) is 9.59 Å². The van der Waals surface area contributed by atoms with Crippen molar-refractivity contribution in [2.75, 3.05) is 17.2 Å². The van der Waals surface area contributed by atoms with Crippen LogP contribution in [0.4, 0.5) is 11.4 Å². The third-order valence-electron chi connectivity index (χ3n) is 4.01. The molecule has 1 aromatic heterocycles. The third-order valence-corrected chi connectivity index (χ3v) is 4.01. The van der Waals surface area contributed by atoms with E-state index >= 15 is 0 Å². The number of rotatable bonds is 5. The topological polar surface area (TPSA) is 101 Å². The molecule has 8 nitrogen and oxygen atoms in total. The molecule has 2 amide bonds. The van der Waals surface area contributed by atoms with Crippen molar-refractivity contribution in [1.82, 2.24) is 20.1 Å². The van der Waals surface area contributed by atoms with Crippen LogP contribution in [0.2, 0.25) is 0 Å². The summed E-state index contributed by atoms with van der Waals surface area (Å²) in [5.74, 6) is -0.212. The summed E-state index contributed by atoms with van der Waals surface area (Å²) < 4.78 is 1.48. The van der Waals surface area contributed by atoms with Crippen LogP contribution in [0.15, 0.2) is 36.9 Å². The van der Waals surface area contributed by atoms with E-state index in [0.717, 1.165) is 19.4 Å². The first-order chi connectivity index (χ1) is 11.6. The van der Waals surface area contributed by atoms with Gasteiger partial charge in [0.2, 0.25) is 11.8 Å². The second-order valence-corrected chi connectivity index (χ2v) is 5.76. The van der Waals surface area contributed by atoms with Crippen molar-refractivity contribution in [1.29, 1.82) is 0 Å². The number of aromatic nitrogens is 3. The second kappa shape index (κ2) is 8.59. The summed E-state index contributed by atoms with van der Waals surface area (Å²) >= 11 is 0. The first kappa shape index (κ1) is 18.9. The van der Waals surface area contributed by atoms with Gasteiger partial charge in [-0.15, -0.1) is 12.4 Å². The van der Waals surface area contributed by atoms with Gasteiger partial charge in [0.1, 0.15) is 18.7 Å². The molecule has 9 heteroatoms. The zero-order chi connectivity index (χ0) is 16.9. The normalized spacial score (nSPS) is 17.4. The lowest BCUT2D eigenvalue weighted by Crippen LogP contribution is -2.35. The Bertz CT molecular complexity index is 698. The molecule has 0 bridgehead atoms. The number of carbonyl (C=O) groups is 2. The largest absolute Gasteiger partial charge is 0.325 e. The fourth-order valence-corrected chi connectivity index (χ4v) is 2.56. The summed E-state index contributed by atoms with van der Waals surface area (Å²) in [7, 11) is 0. The van der Waals surface area contributed by atoms with Crippen LogP contribution in [0.25, 0.3) is 0 Å². The van der Waals surface area contributed by atoms with E-state index in [1.807, 2.05) is 0 Å². The number of hydrogen-bond acceptors (Lipinski definition) is 5. The Morgan fingerprint density at radius 2 is 1.92 bits per heavy atom. The lowest BCUT2D eigenvalue weighted by atomic mass is 10.2. The summed E-state index contributed by atoms with van der Waals surface area (Å²) in [4.78, 5) is 28.0. The molecule has 0 radical (unpaired) electrons. The predicted octanol–water partition coefficient (Wildman–Crippen LogP) is 1.59. The van der Waals surface area contributed by atoms with E-state index in [2.05, 4.69) is 26.0 Å². The number of benzene rings is 1. The summed E-state index contributed by atoms with van der Waals surface area (Å²) in [6.45, 7) is 2.63. The second-order valence-electron chi connectivity index (χ2n) is 5.76. The highest BCUT2D eigenvalue weighted by Crippen LogP contribution is 2.16. The molecule has 0 aliphatic carbocycles. The van der Waals surface area contributed by atoms with Gasteiger partial charge in [-0.3, -0.25) is 9.59 Å². The first-order valence-electron chi connectivity index (χ1n) is 7.93. The minimum absolute atomic E-state index is 0. The van der Waals surface area contributed by atoms with Gasteiger partial charge in [0.05, 0.1) is 6.04 Å². The van der Waals surface area contributed by atoms with Crippen molar-refractivity contribution in [3.05, 3.63) is 36.9 Å². The van der Waals surface area contributed by atoms with Crippen LogP contribution >= 0.6 is 12.4 Å². The van der Waals surface area contributed by atoms with Gasteiger partial charge in [-0.25, -0.2) is 9.67 Å². The highest BCUT2D eigenvalue weighted by atomic mass is 35.5. The van der Waals surface area contributed by atoms with Gasteiger partial charge in [-0.05, 0) is 50.6 Å². The van der Waals surface area contributed by atoms with Gasteiger partial charge in [0.15, 0.2) is 0 Å². The van der Waals surface area contributed by atoms with E-state index in [4.69, 9.17) is 0 Å². The molecule has 134 valence electrons. The van der Waals surface area contributed by atoms with Gasteiger partial charge in [0.25, 0.3) is 0 Å². The number of nitrogens with zero attached hydrogens (tertiary/aromatic N) is 3. The van der Waals surface area contributed by atoms with E-state index in [1.54, 1.807) is 31.2 Å². The maximum atomic E-state index is 12.2. The molecule has 3 N–H and O–H groups in total. The Morgan fingerprint density at radius 3 is 2.48 bits per heavy atom. The number of carbonyl (C=O) groups excluding carboxylic acids is 2. The van der Waals surface area contributed by atoms with Crippen LogP contribution in [0.5, 0.6) is 0 Å². The molecule has 1 aromatic carbocycles. The Hall–Kier alpha value is -2.45. The average molecular weight is 365 g/mol. The third kappa shape index (κ3) is 4.77. The van der Waals surface area contributed by atoms with Crippen molar-refractivity contribution in [2.45, 2.75) is 31.8 Å².